The van der Waals surface area contributed by atoms with Gasteiger partial charge in [0.25, 0.3) is 0 Å². The molecule has 2 N–H and O–H groups in total. The van der Waals surface area contributed by atoms with Crippen LogP contribution in [-0.2, 0) is 9.84 Å². The highest BCUT2D eigenvalue weighted by molar-refractivity contribution is 8.01. The predicted molar refractivity (Wildman–Crippen MR) is 86.7 cm³/mol. The highest BCUT2D eigenvalue weighted by atomic mass is 32.2. The van der Waals surface area contributed by atoms with E-state index in [0.29, 0.717) is 12.3 Å². The fourth-order valence-corrected chi connectivity index (χ4v) is 6.45. The first-order valence-electron chi connectivity index (χ1n) is 7.69. The summed E-state index contributed by atoms with van der Waals surface area (Å²) in [6.45, 7) is 5.30. The predicted octanol–water partition coefficient (Wildman–Crippen LogP) is 1.70. The Bertz CT molecular complexity index is 423. The van der Waals surface area contributed by atoms with E-state index < -0.39 is 9.84 Å². The van der Waals surface area contributed by atoms with Gasteiger partial charge in [-0.3, -0.25) is 4.90 Å². The van der Waals surface area contributed by atoms with Crippen molar-refractivity contribution in [1.82, 2.24) is 4.90 Å². The minimum absolute atomic E-state index is 0.168. The molecule has 2 rings (SSSR count). The van der Waals surface area contributed by atoms with Crippen molar-refractivity contribution < 1.29 is 8.42 Å². The van der Waals surface area contributed by atoms with Gasteiger partial charge in [-0.15, -0.1) is 0 Å². The standard InChI is InChI=1S/C14H28N2O2S2/c1-3-20(17,18)13-10-19-8-7-16(13)14(2,11-15)9-12-5-4-6-12/h12-13H,3-11,15H2,1-2H3. The fraction of sp³-hybridized carbons (Fsp3) is 1.00. The van der Waals surface area contributed by atoms with Gasteiger partial charge < -0.3 is 5.73 Å². The topological polar surface area (TPSA) is 63.4 Å². The molecule has 2 unspecified atom stereocenters. The maximum Gasteiger partial charge on any atom is 0.166 e. The lowest BCUT2D eigenvalue weighted by atomic mass is 9.76. The Morgan fingerprint density at radius 2 is 2.10 bits per heavy atom. The molecule has 1 aliphatic heterocycles. The van der Waals surface area contributed by atoms with Crippen LogP contribution in [0.5, 0.6) is 0 Å². The zero-order valence-electron chi connectivity index (χ0n) is 12.7. The number of thioether (sulfide) groups is 1. The SMILES string of the molecule is CCS(=O)(=O)C1CSCCN1C(C)(CN)CC1CCC1. The van der Waals surface area contributed by atoms with E-state index in [9.17, 15) is 8.42 Å². The lowest BCUT2D eigenvalue weighted by Gasteiger charge is -2.49. The molecule has 0 aromatic heterocycles. The Morgan fingerprint density at radius 1 is 1.40 bits per heavy atom. The van der Waals surface area contributed by atoms with Gasteiger partial charge in [0, 0.05) is 35.9 Å². The van der Waals surface area contributed by atoms with Crippen molar-refractivity contribution in [1.29, 1.82) is 0 Å². The van der Waals surface area contributed by atoms with Crippen LogP contribution < -0.4 is 5.73 Å². The van der Waals surface area contributed by atoms with Gasteiger partial charge in [0.05, 0.1) is 0 Å². The molecule has 1 saturated carbocycles. The van der Waals surface area contributed by atoms with Gasteiger partial charge >= 0.3 is 0 Å². The highest BCUT2D eigenvalue weighted by Gasteiger charge is 2.43. The van der Waals surface area contributed by atoms with E-state index in [1.54, 1.807) is 18.7 Å². The summed E-state index contributed by atoms with van der Waals surface area (Å²) in [7, 11) is -3.04. The first-order chi connectivity index (χ1) is 9.43. The van der Waals surface area contributed by atoms with Crippen LogP contribution in [0.15, 0.2) is 0 Å². The zero-order chi connectivity index (χ0) is 14.8. The van der Waals surface area contributed by atoms with Gasteiger partial charge in [-0.1, -0.05) is 26.2 Å². The first-order valence-corrected chi connectivity index (χ1v) is 10.6. The van der Waals surface area contributed by atoms with Crippen LogP contribution in [-0.4, -0.2) is 54.6 Å². The minimum Gasteiger partial charge on any atom is -0.329 e. The molecule has 2 aliphatic rings. The molecule has 0 amide bonds. The summed E-state index contributed by atoms with van der Waals surface area (Å²) in [5.74, 6) is 2.66. The zero-order valence-corrected chi connectivity index (χ0v) is 14.3. The van der Waals surface area contributed by atoms with E-state index in [1.807, 2.05) is 0 Å². The molecule has 2 fully saturated rings. The fourth-order valence-electron chi connectivity index (χ4n) is 3.33. The molecule has 6 heteroatoms. The van der Waals surface area contributed by atoms with E-state index in [1.165, 1.54) is 19.3 Å². The summed E-state index contributed by atoms with van der Waals surface area (Å²) >= 11 is 1.75. The van der Waals surface area contributed by atoms with Gasteiger partial charge in [-0.25, -0.2) is 8.42 Å². The molecule has 118 valence electrons. The van der Waals surface area contributed by atoms with Gasteiger partial charge in [0.2, 0.25) is 0 Å². The van der Waals surface area contributed by atoms with E-state index in [2.05, 4.69) is 11.8 Å². The smallest absolute Gasteiger partial charge is 0.166 e. The molecule has 0 radical (unpaired) electrons. The minimum atomic E-state index is -3.04. The number of nitrogens with two attached hydrogens (primary N) is 1. The van der Waals surface area contributed by atoms with Crippen LogP contribution >= 0.6 is 11.8 Å². The molecule has 4 nitrogen and oxygen atoms in total. The Balaban J connectivity index is 2.19. The monoisotopic (exact) mass is 320 g/mol. The van der Waals surface area contributed by atoms with Gasteiger partial charge in [0.1, 0.15) is 5.37 Å². The number of hydrogen-bond donors (Lipinski definition) is 1. The molecular weight excluding hydrogens is 292 g/mol. The molecule has 0 aromatic carbocycles. The maximum atomic E-state index is 12.4. The third-order valence-corrected chi connectivity index (χ3v) is 8.28. The maximum absolute atomic E-state index is 12.4. The molecular formula is C14H28N2O2S2. The van der Waals surface area contributed by atoms with Gasteiger partial charge in [-0.05, 0) is 19.3 Å². The molecule has 2 atom stereocenters. The highest BCUT2D eigenvalue weighted by Crippen LogP contribution is 2.38. The van der Waals surface area contributed by atoms with Crippen LogP contribution in [0.1, 0.15) is 39.5 Å². The second kappa shape index (κ2) is 6.55. The summed E-state index contributed by atoms with van der Waals surface area (Å²) in [5, 5.41) is -0.347. The Morgan fingerprint density at radius 3 is 2.60 bits per heavy atom. The third-order valence-electron chi connectivity index (χ3n) is 4.99. The summed E-state index contributed by atoms with van der Waals surface area (Å²) in [6, 6.07) is 0. The molecule has 1 aliphatic carbocycles. The van der Waals surface area contributed by atoms with Crippen LogP contribution in [0.25, 0.3) is 0 Å². The number of nitrogens with zero attached hydrogens (tertiary/aromatic N) is 1. The number of rotatable bonds is 6. The van der Waals surface area contributed by atoms with Crippen molar-refractivity contribution in [2.24, 2.45) is 11.7 Å². The Kier molecular flexibility index (Phi) is 5.43. The van der Waals surface area contributed by atoms with E-state index in [-0.39, 0.29) is 16.7 Å². The van der Waals surface area contributed by atoms with Crippen LogP contribution in [0.4, 0.5) is 0 Å². The Labute approximate surface area is 127 Å². The lowest BCUT2D eigenvalue weighted by molar-refractivity contribution is 0.0642. The van der Waals surface area contributed by atoms with Crippen LogP contribution in [0.3, 0.4) is 0 Å². The van der Waals surface area contributed by atoms with Crippen molar-refractivity contribution in [3.05, 3.63) is 0 Å². The molecule has 1 heterocycles. The largest absolute Gasteiger partial charge is 0.329 e. The van der Waals surface area contributed by atoms with Crippen molar-refractivity contribution in [2.45, 2.75) is 50.4 Å². The number of hydrogen-bond acceptors (Lipinski definition) is 5. The normalized spacial score (nSPS) is 28.9. The van der Waals surface area contributed by atoms with Crippen molar-refractivity contribution in [3.63, 3.8) is 0 Å². The first kappa shape index (κ1) is 16.6. The summed E-state index contributed by atoms with van der Waals surface area (Å²) in [4.78, 5) is 2.21. The molecule has 0 spiro atoms. The Hall–Kier alpha value is 0.220. The van der Waals surface area contributed by atoms with Crippen molar-refractivity contribution >= 4 is 21.6 Å². The summed E-state index contributed by atoms with van der Waals surface area (Å²) in [6.07, 6.45) is 4.93. The summed E-state index contributed by atoms with van der Waals surface area (Å²) in [5.41, 5.74) is 5.90. The van der Waals surface area contributed by atoms with Gasteiger partial charge in [-0.2, -0.15) is 11.8 Å². The van der Waals surface area contributed by atoms with Crippen molar-refractivity contribution in [3.8, 4) is 0 Å². The molecule has 0 aromatic rings. The van der Waals surface area contributed by atoms with E-state index in [4.69, 9.17) is 5.73 Å². The molecule has 20 heavy (non-hydrogen) atoms. The molecule has 0 bridgehead atoms. The quantitative estimate of drug-likeness (QED) is 0.807. The lowest BCUT2D eigenvalue weighted by Crippen LogP contribution is -2.62. The summed E-state index contributed by atoms with van der Waals surface area (Å²) < 4.78 is 24.8. The second-order valence-corrected chi connectivity index (χ2v) is 9.97. The average molecular weight is 321 g/mol. The van der Waals surface area contributed by atoms with Crippen LogP contribution in [0.2, 0.25) is 0 Å². The van der Waals surface area contributed by atoms with E-state index >= 15 is 0 Å². The third kappa shape index (κ3) is 3.34. The van der Waals surface area contributed by atoms with Gasteiger partial charge in [0.15, 0.2) is 9.84 Å². The van der Waals surface area contributed by atoms with Crippen molar-refractivity contribution in [2.75, 3.05) is 30.3 Å². The average Bonchev–Trinajstić information content (AvgIpc) is 2.42. The van der Waals surface area contributed by atoms with Crippen LogP contribution in [0, 0.1) is 5.92 Å². The van der Waals surface area contributed by atoms with E-state index in [0.717, 1.165) is 24.6 Å². The molecule has 1 saturated heterocycles. The second-order valence-electron chi connectivity index (χ2n) is 6.38. The number of sulfone groups is 1.